The van der Waals surface area contributed by atoms with Crippen LogP contribution in [0.3, 0.4) is 0 Å². The number of benzene rings is 5. The molecule has 0 spiro atoms. The summed E-state index contributed by atoms with van der Waals surface area (Å²) in [7, 11) is 0. The average molecular weight is 441 g/mol. The lowest BCUT2D eigenvalue weighted by molar-refractivity contribution is 1.18. The maximum Gasteiger partial charge on any atom is 0.0624 e. The number of hydrogen-bond acceptors (Lipinski definition) is 3. The molecule has 0 fully saturated rings. The van der Waals surface area contributed by atoms with Gasteiger partial charge in [0.05, 0.1) is 33.8 Å². The lowest BCUT2D eigenvalue weighted by Crippen LogP contribution is -2.00. The molecule has 5 aromatic carbocycles. The summed E-state index contributed by atoms with van der Waals surface area (Å²) in [6.45, 7) is 0. The van der Waals surface area contributed by atoms with Crippen molar-refractivity contribution in [3.05, 3.63) is 121 Å². The summed E-state index contributed by atoms with van der Waals surface area (Å²) in [5, 5.41) is 9.56. The van der Waals surface area contributed by atoms with Crippen LogP contribution in [0.2, 0.25) is 0 Å². The van der Waals surface area contributed by atoms with E-state index in [0.717, 1.165) is 28.4 Å². The van der Waals surface area contributed by atoms with E-state index in [1.807, 2.05) is 42.5 Å². The number of nitrogens with zero attached hydrogens (tertiary/aromatic N) is 1. The second-order valence-electron chi connectivity index (χ2n) is 8.30. The van der Waals surface area contributed by atoms with Crippen LogP contribution in [0.1, 0.15) is 0 Å². The Morgan fingerprint density at radius 2 is 1.06 bits per heavy atom. The molecule has 4 heteroatoms. The molecular formula is C30H24N4. The van der Waals surface area contributed by atoms with E-state index >= 15 is 0 Å². The first-order chi connectivity index (χ1) is 16.8. The van der Waals surface area contributed by atoms with E-state index in [9.17, 15) is 0 Å². The van der Waals surface area contributed by atoms with Gasteiger partial charge in [0.25, 0.3) is 0 Å². The Morgan fingerprint density at radius 1 is 0.500 bits per heavy atom. The number of aromatic nitrogens is 1. The van der Waals surface area contributed by atoms with Crippen LogP contribution >= 0.6 is 0 Å². The average Bonchev–Trinajstić information content (AvgIpc) is 3.21. The van der Waals surface area contributed by atoms with Gasteiger partial charge in [-0.3, -0.25) is 0 Å². The van der Waals surface area contributed by atoms with Gasteiger partial charge >= 0.3 is 0 Å². The van der Waals surface area contributed by atoms with Crippen molar-refractivity contribution >= 4 is 50.2 Å². The molecule has 0 atom stereocenters. The van der Waals surface area contributed by atoms with Crippen LogP contribution in [0.4, 0.5) is 28.4 Å². The molecule has 0 aliphatic heterocycles. The molecule has 164 valence electrons. The van der Waals surface area contributed by atoms with Crippen LogP contribution in [0.15, 0.2) is 121 Å². The molecule has 0 saturated carbocycles. The van der Waals surface area contributed by atoms with Crippen molar-refractivity contribution < 1.29 is 0 Å². The fraction of sp³-hybridized carbons (Fsp3) is 0. The van der Waals surface area contributed by atoms with Crippen LogP contribution in [0.25, 0.3) is 27.5 Å². The Kier molecular flexibility index (Phi) is 4.89. The Morgan fingerprint density at radius 3 is 1.74 bits per heavy atom. The van der Waals surface area contributed by atoms with Crippen molar-refractivity contribution in [2.24, 2.45) is 0 Å². The first kappa shape index (κ1) is 19.9. The monoisotopic (exact) mass is 440 g/mol. The maximum atomic E-state index is 6.15. The minimum atomic E-state index is 0.714. The van der Waals surface area contributed by atoms with Crippen LogP contribution in [0, 0.1) is 0 Å². The smallest absolute Gasteiger partial charge is 0.0624 e. The standard InChI is InChI=1S/C30H24N4/c31-25-14-3-4-15-26(25)33-28-17-6-5-16-27(28)32-21-10-9-11-22(20-21)34-29-18-7-1-12-23(29)24-13-2-8-19-30(24)34/h1-20,32-33H,31H2. The maximum absolute atomic E-state index is 6.15. The van der Waals surface area contributed by atoms with Gasteiger partial charge in [0.15, 0.2) is 0 Å². The van der Waals surface area contributed by atoms with E-state index in [0.29, 0.717) is 5.69 Å². The predicted octanol–water partition coefficient (Wildman–Crippen LogP) is 7.85. The van der Waals surface area contributed by atoms with Crippen molar-refractivity contribution in [3.63, 3.8) is 0 Å². The van der Waals surface area contributed by atoms with Gasteiger partial charge in [-0.25, -0.2) is 0 Å². The zero-order valence-electron chi connectivity index (χ0n) is 18.6. The van der Waals surface area contributed by atoms with Gasteiger partial charge < -0.3 is 20.9 Å². The molecule has 0 amide bonds. The van der Waals surface area contributed by atoms with Crippen molar-refractivity contribution in [3.8, 4) is 5.69 Å². The second-order valence-corrected chi connectivity index (χ2v) is 8.30. The number of para-hydroxylation sites is 6. The highest BCUT2D eigenvalue weighted by Gasteiger charge is 2.12. The van der Waals surface area contributed by atoms with E-state index in [1.54, 1.807) is 0 Å². The number of nitrogens with two attached hydrogens (primary N) is 1. The molecule has 0 aliphatic carbocycles. The largest absolute Gasteiger partial charge is 0.397 e. The Balaban J connectivity index is 1.40. The Bertz CT molecular complexity index is 1580. The van der Waals surface area contributed by atoms with E-state index in [2.05, 4.69) is 94.1 Å². The van der Waals surface area contributed by atoms with Crippen molar-refractivity contribution in [2.45, 2.75) is 0 Å². The quantitative estimate of drug-likeness (QED) is 0.239. The summed E-state index contributed by atoms with van der Waals surface area (Å²) in [6, 6.07) is 41.6. The summed E-state index contributed by atoms with van der Waals surface area (Å²) in [4.78, 5) is 0. The zero-order valence-corrected chi connectivity index (χ0v) is 18.6. The third-order valence-corrected chi connectivity index (χ3v) is 6.12. The summed E-state index contributed by atoms with van der Waals surface area (Å²) in [5.74, 6) is 0. The Hall–Kier alpha value is -4.70. The number of anilines is 5. The highest BCUT2D eigenvalue weighted by atomic mass is 15.0. The summed E-state index contributed by atoms with van der Waals surface area (Å²) in [5.41, 5.74) is 14.2. The minimum absolute atomic E-state index is 0.714. The molecule has 0 aliphatic rings. The molecule has 6 aromatic rings. The lowest BCUT2D eigenvalue weighted by atomic mass is 10.2. The fourth-order valence-electron chi connectivity index (χ4n) is 4.54. The van der Waals surface area contributed by atoms with E-state index < -0.39 is 0 Å². The molecule has 34 heavy (non-hydrogen) atoms. The molecule has 0 bridgehead atoms. The first-order valence-corrected chi connectivity index (χ1v) is 11.3. The Labute approximate surface area is 198 Å². The molecule has 0 radical (unpaired) electrons. The molecule has 1 aromatic heterocycles. The summed E-state index contributed by atoms with van der Waals surface area (Å²) >= 11 is 0. The van der Waals surface area contributed by atoms with Gasteiger partial charge in [0, 0.05) is 22.1 Å². The summed E-state index contributed by atoms with van der Waals surface area (Å²) < 4.78 is 2.32. The number of nitrogen functional groups attached to an aromatic ring is 1. The van der Waals surface area contributed by atoms with E-state index in [-0.39, 0.29) is 0 Å². The highest BCUT2D eigenvalue weighted by Crippen LogP contribution is 2.34. The number of fused-ring (bicyclic) bond motifs is 3. The van der Waals surface area contributed by atoms with Gasteiger partial charge in [-0.15, -0.1) is 0 Å². The number of hydrogen-bond donors (Lipinski definition) is 3. The third-order valence-electron chi connectivity index (χ3n) is 6.12. The number of rotatable bonds is 5. The second kappa shape index (κ2) is 8.34. The molecule has 6 rings (SSSR count). The zero-order chi connectivity index (χ0) is 22.9. The van der Waals surface area contributed by atoms with Crippen molar-refractivity contribution in [2.75, 3.05) is 16.4 Å². The van der Waals surface area contributed by atoms with Gasteiger partial charge in [0.2, 0.25) is 0 Å². The SMILES string of the molecule is Nc1ccccc1Nc1ccccc1Nc1cccc(-n2c3ccccc3c3ccccc32)c1. The molecule has 4 N–H and O–H groups in total. The molecule has 0 unspecified atom stereocenters. The molecule has 1 heterocycles. The van der Waals surface area contributed by atoms with E-state index in [4.69, 9.17) is 5.73 Å². The number of nitrogens with one attached hydrogen (secondary N) is 2. The first-order valence-electron chi connectivity index (χ1n) is 11.3. The van der Waals surface area contributed by atoms with Gasteiger partial charge in [-0.1, -0.05) is 66.7 Å². The van der Waals surface area contributed by atoms with Crippen molar-refractivity contribution in [1.29, 1.82) is 0 Å². The molecule has 0 saturated heterocycles. The topological polar surface area (TPSA) is 55.0 Å². The lowest BCUT2D eigenvalue weighted by Gasteiger charge is -2.16. The normalized spacial score (nSPS) is 11.1. The van der Waals surface area contributed by atoms with Gasteiger partial charge in [-0.05, 0) is 54.6 Å². The van der Waals surface area contributed by atoms with Gasteiger partial charge in [-0.2, -0.15) is 0 Å². The molecule has 4 nitrogen and oxygen atoms in total. The fourth-order valence-corrected chi connectivity index (χ4v) is 4.54. The highest BCUT2D eigenvalue weighted by molar-refractivity contribution is 6.09. The van der Waals surface area contributed by atoms with Gasteiger partial charge in [0.1, 0.15) is 0 Å². The predicted molar refractivity (Wildman–Crippen MR) is 145 cm³/mol. The van der Waals surface area contributed by atoms with Crippen LogP contribution < -0.4 is 16.4 Å². The minimum Gasteiger partial charge on any atom is -0.397 e. The molecular weight excluding hydrogens is 416 g/mol. The third kappa shape index (κ3) is 3.51. The van der Waals surface area contributed by atoms with Crippen LogP contribution in [0.5, 0.6) is 0 Å². The van der Waals surface area contributed by atoms with Crippen LogP contribution in [-0.4, -0.2) is 4.57 Å². The summed E-state index contributed by atoms with van der Waals surface area (Å²) in [6.07, 6.45) is 0. The van der Waals surface area contributed by atoms with E-state index in [1.165, 1.54) is 21.8 Å². The van der Waals surface area contributed by atoms with Crippen molar-refractivity contribution in [1.82, 2.24) is 4.57 Å². The van der Waals surface area contributed by atoms with Crippen LogP contribution in [-0.2, 0) is 0 Å².